The Bertz CT molecular complexity index is 1150. The van der Waals surface area contributed by atoms with Gasteiger partial charge in [-0.05, 0) is 44.9 Å². The summed E-state index contributed by atoms with van der Waals surface area (Å²) in [5.74, 6) is -0.979. The lowest BCUT2D eigenvalue weighted by Crippen LogP contribution is -2.50. The quantitative estimate of drug-likeness (QED) is 0.709. The van der Waals surface area contributed by atoms with E-state index in [1.807, 2.05) is 0 Å². The first kappa shape index (κ1) is 23.1. The first-order valence-corrected chi connectivity index (χ1v) is 11.3. The highest BCUT2D eigenvalue weighted by Crippen LogP contribution is 2.38. The van der Waals surface area contributed by atoms with E-state index in [1.54, 1.807) is 36.9 Å². The second-order valence-corrected chi connectivity index (χ2v) is 9.11. The van der Waals surface area contributed by atoms with Gasteiger partial charge in [0, 0.05) is 23.1 Å². The van der Waals surface area contributed by atoms with E-state index in [-0.39, 0.29) is 29.4 Å². The molecule has 1 N–H and O–H groups in total. The highest BCUT2D eigenvalue weighted by atomic mass is 35.5. The van der Waals surface area contributed by atoms with Crippen molar-refractivity contribution in [2.75, 3.05) is 18.0 Å². The van der Waals surface area contributed by atoms with Crippen LogP contribution in [0.2, 0.25) is 10.0 Å². The minimum atomic E-state index is -0.795. The van der Waals surface area contributed by atoms with Crippen LogP contribution in [0.3, 0.4) is 0 Å². The molecule has 11 heteroatoms. The smallest absolute Gasteiger partial charge is 0.270 e. The van der Waals surface area contributed by atoms with Gasteiger partial charge in [0.15, 0.2) is 0 Å². The fourth-order valence-electron chi connectivity index (χ4n) is 4.26. The molecule has 3 heterocycles. The Labute approximate surface area is 200 Å². The van der Waals surface area contributed by atoms with Crippen molar-refractivity contribution in [1.29, 1.82) is 5.26 Å². The number of aromatic nitrogens is 2. The number of imidazole rings is 1. The zero-order valence-electron chi connectivity index (χ0n) is 18.1. The number of carbonyl (C=O) groups excluding carboxylic acids is 3. The van der Waals surface area contributed by atoms with Crippen LogP contribution in [0, 0.1) is 17.2 Å². The van der Waals surface area contributed by atoms with Crippen molar-refractivity contribution < 1.29 is 14.4 Å². The third-order valence-corrected chi connectivity index (χ3v) is 6.35. The summed E-state index contributed by atoms with van der Waals surface area (Å²) >= 11 is 12.2. The van der Waals surface area contributed by atoms with Gasteiger partial charge in [0.05, 0.1) is 23.9 Å². The lowest BCUT2D eigenvalue weighted by molar-refractivity contribution is -0.134. The number of halogens is 2. The summed E-state index contributed by atoms with van der Waals surface area (Å²) in [6.07, 6.45) is 2.89. The molecule has 0 bridgehead atoms. The first-order chi connectivity index (χ1) is 15.7. The van der Waals surface area contributed by atoms with Gasteiger partial charge in [-0.1, -0.05) is 23.2 Å². The lowest BCUT2D eigenvalue weighted by atomic mass is 9.99. The summed E-state index contributed by atoms with van der Waals surface area (Å²) in [7, 11) is 0. The Hall–Kier alpha value is -3.09. The summed E-state index contributed by atoms with van der Waals surface area (Å²) in [6, 6.07) is 5.47. The predicted octanol–water partition coefficient (Wildman–Crippen LogP) is 3.31. The number of anilines is 2. The van der Waals surface area contributed by atoms with Crippen molar-refractivity contribution >= 4 is 52.6 Å². The number of nitrogens with one attached hydrogen (secondary N) is 1. The molecular weight excluding hydrogens is 467 g/mol. The topological polar surface area (TPSA) is 111 Å². The van der Waals surface area contributed by atoms with Crippen LogP contribution in [0.15, 0.2) is 24.4 Å². The SMILES string of the molecule is CC1C(=O)N(c2cc(Cl)cc(Cl)c2)c2ncc(C(=O)N[C@@H](C)C(=O)N3CCC[C@@H](C#N)C3)n21. The zero-order chi connectivity index (χ0) is 23.9. The third kappa shape index (κ3) is 4.28. The average Bonchev–Trinajstić information content (AvgIpc) is 3.31. The summed E-state index contributed by atoms with van der Waals surface area (Å²) in [6.45, 7) is 4.19. The summed E-state index contributed by atoms with van der Waals surface area (Å²) in [4.78, 5) is 46.1. The largest absolute Gasteiger partial charge is 0.340 e. The Balaban J connectivity index is 1.54. The van der Waals surface area contributed by atoms with E-state index in [0.717, 1.165) is 12.8 Å². The molecule has 172 valence electrons. The van der Waals surface area contributed by atoms with Crippen molar-refractivity contribution in [2.24, 2.45) is 5.92 Å². The minimum Gasteiger partial charge on any atom is -0.340 e. The second-order valence-electron chi connectivity index (χ2n) is 8.24. The molecule has 2 aromatic rings. The van der Waals surface area contributed by atoms with Gasteiger partial charge < -0.3 is 10.2 Å². The molecule has 1 fully saturated rings. The maximum absolute atomic E-state index is 13.0. The molecule has 2 aliphatic heterocycles. The molecule has 4 rings (SSSR count). The third-order valence-electron chi connectivity index (χ3n) is 5.91. The van der Waals surface area contributed by atoms with E-state index < -0.39 is 18.0 Å². The lowest BCUT2D eigenvalue weighted by Gasteiger charge is -2.31. The van der Waals surface area contributed by atoms with E-state index in [1.165, 1.54) is 15.7 Å². The number of nitriles is 1. The molecule has 0 aliphatic carbocycles. The zero-order valence-corrected chi connectivity index (χ0v) is 19.6. The van der Waals surface area contributed by atoms with E-state index >= 15 is 0 Å². The molecule has 0 spiro atoms. The number of hydrogen-bond acceptors (Lipinski definition) is 5. The number of carbonyl (C=O) groups is 3. The fraction of sp³-hybridized carbons (Fsp3) is 0.409. The standard InChI is InChI=1S/C22H22Cl2N6O3/c1-12(20(32)28-5-3-4-14(9-25)11-28)27-19(31)18-10-26-22-29(18)13(2)21(33)30(22)17-7-15(23)6-16(24)8-17/h6-8,10,12-14H,3-5,11H2,1-2H3,(H,27,31)/t12-,13?,14-/m0/s1. The Kier molecular flexibility index (Phi) is 6.32. The fourth-order valence-corrected chi connectivity index (χ4v) is 4.78. The highest BCUT2D eigenvalue weighted by Gasteiger charge is 2.40. The van der Waals surface area contributed by atoms with Gasteiger partial charge in [0.25, 0.3) is 11.8 Å². The van der Waals surface area contributed by atoms with Crippen LogP contribution < -0.4 is 10.2 Å². The van der Waals surface area contributed by atoms with Crippen LogP contribution in [0.25, 0.3) is 0 Å². The average molecular weight is 489 g/mol. The number of fused-ring (bicyclic) bond motifs is 1. The number of piperidine rings is 1. The maximum Gasteiger partial charge on any atom is 0.270 e. The van der Waals surface area contributed by atoms with Gasteiger partial charge in [0.1, 0.15) is 17.8 Å². The summed E-state index contributed by atoms with van der Waals surface area (Å²) < 4.78 is 1.52. The summed E-state index contributed by atoms with van der Waals surface area (Å²) in [5.41, 5.74) is 0.607. The van der Waals surface area contributed by atoms with Gasteiger partial charge in [-0.25, -0.2) is 9.88 Å². The monoisotopic (exact) mass is 488 g/mol. The van der Waals surface area contributed by atoms with Crippen molar-refractivity contribution in [3.8, 4) is 6.07 Å². The number of benzene rings is 1. The Morgan fingerprint density at radius 2 is 1.97 bits per heavy atom. The van der Waals surface area contributed by atoms with Gasteiger partial charge in [0.2, 0.25) is 11.9 Å². The molecular formula is C22H22Cl2N6O3. The van der Waals surface area contributed by atoms with Crippen LogP contribution >= 0.6 is 23.2 Å². The Morgan fingerprint density at radius 3 is 2.64 bits per heavy atom. The first-order valence-electron chi connectivity index (χ1n) is 10.6. The predicted molar refractivity (Wildman–Crippen MR) is 122 cm³/mol. The van der Waals surface area contributed by atoms with Gasteiger partial charge >= 0.3 is 0 Å². The Morgan fingerprint density at radius 1 is 1.27 bits per heavy atom. The van der Waals surface area contributed by atoms with Crippen LogP contribution in [0.4, 0.5) is 11.6 Å². The normalized spacial score (nSPS) is 20.9. The molecule has 1 saturated heterocycles. The van der Waals surface area contributed by atoms with E-state index in [0.29, 0.717) is 28.8 Å². The maximum atomic E-state index is 13.0. The van der Waals surface area contributed by atoms with E-state index in [2.05, 4.69) is 16.4 Å². The molecule has 9 nitrogen and oxygen atoms in total. The molecule has 3 amide bonds. The molecule has 3 atom stereocenters. The van der Waals surface area contributed by atoms with Crippen molar-refractivity contribution in [2.45, 2.75) is 38.8 Å². The van der Waals surface area contributed by atoms with E-state index in [4.69, 9.17) is 28.5 Å². The second kappa shape index (κ2) is 9.04. The number of likely N-dealkylation sites (tertiary alicyclic amines) is 1. The molecule has 1 aromatic carbocycles. The van der Waals surface area contributed by atoms with Gasteiger partial charge in [-0.15, -0.1) is 0 Å². The van der Waals surface area contributed by atoms with Crippen LogP contribution in [-0.2, 0) is 9.59 Å². The summed E-state index contributed by atoms with van der Waals surface area (Å²) in [5, 5.41) is 12.6. The van der Waals surface area contributed by atoms with Crippen LogP contribution in [-0.4, -0.2) is 51.3 Å². The number of nitrogens with zero attached hydrogens (tertiary/aromatic N) is 5. The number of rotatable bonds is 4. The van der Waals surface area contributed by atoms with E-state index in [9.17, 15) is 14.4 Å². The molecule has 1 aromatic heterocycles. The molecule has 0 radical (unpaired) electrons. The van der Waals surface area contributed by atoms with Crippen molar-refractivity contribution in [1.82, 2.24) is 19.8 Å². The highest BCUT2D eigenvalue weighted by molar-refractivity contribution is 6.35. The number of hydrogen-bond donors (Lipinski definition) is 1. The molecule has 1 unspecified atom stereocenters. The van der Waals surface area contributed by atoms with Crippen LogP contribution in [0.5, 0.6) is 0 Å². The minimum absolute atomic E-state index is 0.162. The molecule has 0 saturated carbocycles. The number of amides is 3. The van der Waals surface area contributed by atoms with Crippen molar-refractivity contribution in [3.63, 3.8) is 0 Å². The van der Waals surface area contributed by atoms with Gasteiger partial charge in [-0.2, -0.15) is 5.26 Å². The molecule has 2 aliphatic rings. The molecule has 33 heavy (non-hydrogen) atoms. The van der Waals surface area contributed by atoms with Crippen LogP contribution in [0.1, 0.15) is 43.2 Å². The van der Waals surface area contributed by atoms with Gasteiger partial charge in [-0.3, -0.25) is 19.0 Å². The van der Waals surface area contributed by atoms with Crippen molar-refractivity contribution in [3.05, 3.63) is 40.1 Å².